The Hall–Kier alpha value is -4.88. The van der Waals surface area contributed by atoms with Crippen LogP contribution in [-0.4, -0.2) is 140 Å². The van der Waals surface area contributed by atoms with E-state index in [0.29, 0.717) is 32.6 Å². The summed E-state index contributed by atoms with van der Waals surface area (Å²) in [5.41, 5.74) is 1.79. The zero-order valence-electron chi connectivity index (χ0n) is 43.0. The number of benzene rings is 5. The topological polar surface area (TPSA) is 152 Å². The van der Waals surface area contributed by atoms with Crippen LogP contribution < -0.4 is 17.0 Å². The number of rotatable bonds is 12. The fourth-order valence-corrected chi connectivity index (χ4v) is 9.41. The third-order valence-corrected chi connectivity index (χ3v) is 13.2. The van der Waals surface area contributed by atoms with Crippen LogP contribution in [0.2, 0.25) is 0 Å². The molecule has 2 unspecified atom stereocenters. The van der Waals surface area contributed by atoms with Crippen LogP contribution in [0.15, 0.2) is 152 Å². The number of amides is 2. The Balaban J connectivity index is 0.000000231. The number of hydrogen-bond acceptors (Lipinski definition) is 12. The summed E-state index contributed by atoms with van der Waals surface area (Å²) in [5.74, 6) is -0.461. The number of ether oxygens (including phenoxy) is 8. The van der Waals surface area contributed by atoms with Crippen molar-refractivity contribution in [3.05, 3.63) is 180 Å². The molecule has 0 saturated carbocycles. The van der Waals surface area contributed by atoms with E-state index in [2.05, 4.69) is 6.07 Å². The molecule has 14 nitrogen and oxygen atoms in total. The molecule has 5 fully saturated rings. The van der Waals surface area contributed by atoms with Crippen molar-refractivity contribution in [2.24, 2.45) is 0 Å². The Morgan fingerprint density at radius 1 is 0.587 bits per heavy atom. The molecule has 398 valence electrons. The van der Waals surface area contributed by atoms with Gasteiger partial charge in [-0.3, -0.25) is 9.80 Å². The van der Waals surface area contributed by atoms with Crippen LogP contribution in [0, 0.1) is 6.07 Å². The standard InChI is InChI=1S/C30H33NO5.C19H25NO6.C6H5.C4H8O.BrH.Mg/c32-29(35-22-23-12-4-1-5-13-23)31-21-26(36-28-18-10-11-19-34-28)20-27(31)30(33,24-14-6-2-7-15-24)25-16-8-3-9-17-25;1-23-18(21)16-11-15(26-17-9-5-6-10-24-17)12-20(16)19(22)25-13-14-7-3-2-4-8-14;1-2-4-6-5-3-1;1-2-4-5-3-1;;/h1-9,12-17,26-28,33H,10-11,18-22H2;2-4,7-8,15-17H,5-6,9-13H2,1H3;1-5H;1-4H2;1H;/q;;-1;;;+2/p-1/t26-,27+,28?;15-,16+,17?;;;;/m11..../s1. The summed E-state index contributed by atoms with van der Waals surface area (Å²) in [6, 6.07) is 49.3. The van der Waals surface area contributed by atoms with E-state index in [-0.39, 0.29) is 84.6 Å². The average Bonchev–Trinajstić information content (AvgIpc) is 4.28. The number of carbonyl (C=O) groups excluding carboxylic acids is 3. The van der Waals surface area contributed by atoms with Gasteiger partial charge in [0.05, 0.1) is 38.4 Å². The summed E-state index contributed by atoms with van der Waals surface area (Å²) < 4.78 is 44.5. The monoisotopic (exact) mass is 1100 g/mol. The Morgan fingerprint density at radius 2 is 1.01 bits per heavy atom. The number of carbonyl (C=O) groups is 3. The summed E-state index contributed by atoms with van der Waals surface area (Å²) in [6.07, 6.45) is 7.13. The van der Waals surface area contributed by atoms with Gasteiger partial charge < -0.3 is 60.0 Å². The van der Waals surface area contributed by atoms with Gasteiger partial charge in [0, 0.05) is 32.8 Å². The van der Waals surface area contributed by atoms with Crippen LogP contribution in [0.4, 0.5) is 9.59 Å². The first-order valence-corrected chi connectivity index (χ1v) is 25.7. The summed E-state index contributed by atoms with van der Waals surface area (Å²) >= 11 is 0. The SMILES string of the molecule is C1CCOC1.COC(=O)[C@@H]1C[C@@H](OC2CCCCO2)CN1C(=O)OCc1ccccc1.O=C(OCc1ccccc1)N1C[C@H](OC2CCCCO2)C[C@H]1C(O)(c1ccccc1)c1ccccc1.[Br-].[Mg+2].[c-]1ccccc1. The van der Waals surface area contributed by atoms with E-state index in [1.165, 1.54) is 24.9 Å². The maximum Gasteiger partial charge on any atom is 2.00 e. The molecule has 2 amide bonds. The zero-order chi connectivity index (χ0) is 50.9. The molecule has 0 spiro atoms. The van der Waals surface area contributed by atoms with Gasteiger partial charge in [-0.15, -0.1) is 0 Å². The number of esters is 1. The molecule has 5 heterocycles. The molecule has 5 saturated heterocycles. The smallest absolute Gasteiger partial charge is 1.00 e. The summed E-state index contributed by atoms with van der Waals surface area (Å²) in [4.78, 5) is 41.1. The van der Waals surface area contributed by atoms with Gasteiger partial charge >= 0.3 is 41.2 Å². The van der Waals surface area contributed by atoms with Crippen molar-refractivity contribution in [2.75, 3.05) is 46.6 Å². The second-order valence-corrected chi connectivity index (χ2v) is 18.4. The molecule has 0 aliphatic carbocycles. The minimum atomic E-state index is -1.44. The predicted octanol–water partition coefficient (Wildman–Crippen LogP) is 6.63. The molecule has 5 aromatic carbocycles. The Bertz CT molecular complexity index is 2260. The minimum Gasteiger partial charge on any atom is -1.00 e. The number of nitrogens with zero attached hydrogens (tertiary/aromatic N) is 2. The minimum absolute atomic E-state index is 0. The molecule has 5 aromatic rings. The normalized spacial score (nSPS) is 21.9. The van der Waals surface area contributed by atoms with Crippen LogP contribution in [0.5, 0.6) is 0 Å². The van der Waals surface area contributed by atoms with Gasteiger partial charge in [0.15, 0.2) is 12.6 Å². The van der Waals surface area contributed by atoms with E-state index in [4.69, 9.17) is 37.9 Å². The summed E-state index contributed by atoms with van der Waals surface area (Å²) in [7, 11) is 1.31. The van der Waals surface area contributed by atoms with Crippen LogP contribution >= 0.6 is 0 Å². The van der Waals surface area contributed by atoms with Gasteiger partial charge in [0.25, 0.3) is 0 Å². The molecule has 10 rings (SSSR count). The summed E-state index contributed by atoms with van der Waals surface area (Å²) in [5, 5.41) is 12.4. The number of methoxy groups -OCH3 is 1. The first-order chi connectivity index (χ1) is 35.8. The largest absolute Gasteiger partial charge is 2.00 e. The maximum atomic E-state index is 13.5. The molecule has 1 N–H and O–H groups in total. The molecule has 75 heavy (non-hydrogen) atoms. The zero-order valence-corrected chi connectivity index (χ0v) is 46.0. The van der Waals surface area contributed by atoms with Gasteiger partial charge in [-0.1, -0.05) is 121 Å². The molecular weight excluding hydrogens is 1030 g/mol. The van der Waals surface area contributed by atoms with Gasteiger partial charge in [0.1, 0.15) is 24.9 Å². The number of halogens is 1. The van der Waals surface area contributed by atoms with Crippen molar-refractivity contribution in [3.8, 4) is 0 Å². The first kappa shape index (κ1) is 61.0. The summed E-state index contributed by atoms with van der Waals surface area (Å²) in [6.45, 7) is 4.28. The van der Waals surface area contributed by atoms with Crippen LogP contribution in [-0.2, 0) is 61.5 Å². The van der Waals surface area contributed by atoms with E-state index in [0.717, 1.165) is 74.0 Å². The Labute approximate surface area is 469 Å². The quantitative estimate of drug-likeness (QED) is 0.0618. The van der Waals surface area contributed by atoms with E-state index in [1.807, 2.05) is 152 Å². The van der Waals surface area contributed by atoms with Gasteiger partial charge in [-0.2, -0.15) is 36.4 Å². The molecule has 0 aromatic heterocycles. The second-order valence-electron chi connectivity index (χ2n) is 18.4. The predicted molar refractivity (Wildman–Crippen MR) is 279 cm³/mol. The average molecular weight is 1100 g/mol. The van der Waals surface area contributed by atoms with Crippen LogP contribution in [0.3, 0.4) is 0 Å². The number of aliphatic hydroxyl groups is 1. The Kier molecular flexibility index (Phi) is 27.1. The molecule has 16 heteroatoms. The van der Waals surface area contributed by atoms with E-state index >= 15 is 0 Å². The van der Waals surface area contributed by atoms with E-state index in [9.17, 15) is 19.5 Å². The fraction of sp³-hybridized carbons (Fsp3) is 0.441. The van der Waals surface area contributed by atoms with Crippen molar-refractivity contribution in [1.29, 1.82) is 0 Å². The van der Waals surface area contributed by atoms with Crippen LogP contribution in [0.25, 0.3) is 0 Å². The van der Waals surface area contributed by atoms with Crippen molar-refractivity contribution in [2.45, 2.75) is 120 Å². The number of hydrogen-bond donors (Lipinski definition) is 1. The Morgan fingerprint density at radius 3 is 1.41 bits per heavy atom. The van der Waals surface area contributed by atoms with Crippen molar-refractivity contribution in [1.82, 2.24) is 9.80 Å². The molecule has 5 aliphatic heterocycles. The van der Waals surface area contributed by atoms with Crippen molar-refractivity contribution in [3.63, 3.8) is 0 Å². The van der Waals surface area contributed by atoms with Crippen molar-refractivity contribution >= 4 is 41.2 Å². The van der Waals surface area contributed by atoms with Crippen molar-refractivity contribution < 1.29 is 74.4 Å². The van der Waals surface area contributed by atoms with Gasteiger partial charge in [-0.05, 0) is 80.0 Å². The third-order valence-electron chi connectivity index (χ3n) is 13.2. The molecule has 5 aliphatic rings. The number of likely N-dealkylation sites (tertiary alicyclic amines) is 2. The molecule has 6 atom stereocenters. The third kappa shape index (κ3) is 19.0. The van der Waals surface area contributed by atoms with Gasteiger partial charge in [-0.25, -0.2) is 14.4 Å². The van der Waals surface area contributed by atoms with E-state index < -0.39 is 35.8 Å². The molecule has 0 radical (unpaired) electrons. The van der Waals surface area contributed by atoms with E-state index in [1.54, 1.807) is 4.90 Å². The molecule has 0 bridgehead atoms. The second kappa shape index (κ2) is 33.3. The van der Waals surface area contributed by atoms with Gasteiger partial charge in [0.2, 0.25) is 0 Å². The fourth-order valence-electron chi connectivity index (χ4n) is 9.41. The van der Waals surface area contributed by atoms with Crippen LogP contribution in [0.1, 0.15) is 86.5 Å². The maximum absolute atomic E-state index is 13.5. The first-order valence-electron chi connectivity index (χ1n) is 25.7. The molecular formula is C59H71BrMgN2O12.